The molecule has 0 bridgehead atoms. The van der Waals surface area contributed by atoms with Crippen molar-refractivity contribution in [2.24, 2.45) is 0 Å². The van der Waals surface area contributed by atoms with Crippen LogP contribution in [0.3, 0.4) is 0 Å². The number of rotatable bonds is 7. The summed E-state index contributed by atoms with van der Waals surface area (Å²) in [5, 5.41) is 4.94. The Morgan fingerprint density at radius 1 is 1.10 bits per heavy atom. The van der Waals surface area contributed by atoms with E-state index in [4.69, 9.17) is 4.98 Å². The van der Waals surface area contributed by atoms with Crippen LogP contribution in [0.15, 0.2) is 47.5 Å². The first kappa shape index (κ1) is 21.3. The summed E-state index contributed by atoms with van der Waals surface area (Å²) in [4.78, 5) is 24.1. The van der Waals surface area contributed by atoms with Crippen molar-refractivity contribution in [2.75, 3.05) is 25.2 Å². The van der Waals surface area contributed by atoms with Crippen LogP contribution in [0.1, 0.15) is 36.7 Å². The summed E-state index contributed by atoms with van der Waals surface area (Å²) in [5.74, 6) is 1.38. The summed E-state index contributed by atoms with van der Waals surface area (Å²) in [6.07, 6.45) is 0. The van der Waals surface area contributed by atoms with Gasteiger partial charge in [0.15, 0.2) is 0 Å². The second-order valence-corrected chi connectivity index (χ2v) is 8.69. The topological polar surface area (TPSA) is 58.1 Å². The number of fused-ring (bicyclic) bond motifs is 1. The van der Waals surface area contributed by atoms with Crippen LogP contribution < -0.4 is 5.32 Å². The lowest BCUT2D eigenvalue weighted by Crippen LogP contribution is -2.17. The maximum atomic E-state index is 12.7. The predicted molar refractivity (Wildman–Crippen MR) is 122 cm³/mol. The third-order valence-corrected chi connectivity index (χ3v) is 5.59. The number of nitrogens with zero attached hydrogens (tertiary/aromatic N) is 3. The van der Waals surface area contributed by atoms with Gasteiger partial charge in [-0.2, -0.15) is 0 Å². The molecule has 3 aromatic rings. The van der Waals surface area contributed by atoms with Crippen LogP contribution in [0, 0.1) is 6.92 Å². The van der Waals surface area contributed by atoms with Crippen molar-refractivity contribution >= 4 is 34.3 Å². The van der Waals surface area contributed by atoms with Gasteiger partial charge in [-0.1, -0.05) is 62.0 Å². The van der Waals surface area contributed by atoms with E-state index in [1.807, 2.05) is 62.3 Å². The minimum atomic E-state index is -0.0250. The Morgan fingerprint density at radius 2 is 1.86 bits per heavy atom. The maximum absolute atomic E-state index is 12.7. The van der Waals surface area contributed by atoms with E-state index in [2.05, 4.69) is 30.2 Å². The molecule has 152 valence electrons. The Kier molecular flexibility index (Phi) is 6.87. The van der Waals surface area contributed by atoms with E-state index >= 15 is 0 Å². The Hall–Kier alpha value is -2.44. The number of benzene rings is 2. The van der Waals surface area contributed by atoms with Crippen LogP contribution in [-0.2, 0) is 11.3 Å². The molecule has 0 aliphatic carbocycles. The fourth-order valence-electron chi connectivity index (χ4n) is 3.21. The number of thioether (sulfide) groups is 1. The number of nitrogens with one attached hydrogen (secondary N) is 1. The van der Waals surface area contributed by atoms with Crippen molar-refractivity contribution in [1.29, 1.82) is 0 Å². The summed E-state index contributed by atoms with van der Waals surface area (Å²) < 4.78 is 0. The molecule has 0 aliphatic heterocycles. The molecule has 1 aromatic heterocycles. The van der Waals surface area contributed by atoms with Crippen LogP contribution in [0.5, 0.6) is 0 Å². The first-order valence-electron chi connectivity index (χ1n) is 9.77. The predicted octanol–water partition coefficient (Wildman–Crippen LogP) is 4.85. The lowest BCUT2D eigenvalue weighted by Gasteiger charge is -2.16. The third-order valence-electron chi connectivity index (χ3n) is 4.60. The summed E-state index contributed by atoms with van der Waals surface area (Å²) in [6.45, 7) is 6.96. The van der Waals surface area contributed by atoms with E-state index in [9.17, 15) is 4.79 Å². The lowest BCUT2D eigenvalue weighted by atomic mass is 9.98. The van der Waals surface area contributed by atoms with Crippen molar-refractivity contribution in [3.05, 3.63) is 59.4 Å². The molecule has 0 saturated heterocycles. The van der Waals surface area contributed by atoms with E-state index in [0.717, 1.165) is 38.6 Å². The fourth-order valence-corrected chi connectivity index (χ4v) is 4.05. The molecule has 1 N–H and O–H groups in total. The van der Waals surface area contributed by atoms with Gasteiger partial charge in [-0.15, -0.1) is 0 Å². The summed E-state index contributed by atoms with van der Waals surface area (Å²) >= 11 is 1.46. The number of carbonyl (C=O) groups is 1. The second-order valence-electron chi connectivity index (χ2n) is 7.73. The van der Waals surface area contributed by atoms with Gasteiger partial charge in [0.2, 0.25) is 5.91 Å². The van der Waals surface area contributed by atoms with Crippen LogP contribution in [0.2, 0.25) is 0 Å². The molecular formula is C23H28N4OS. The molecule has 1 heterocycles. The molecule has 5 nitrogen and oxygen atoms in total. The molecule has 1 amide bonds. The standard InChI is InChI=1S/C23H28N4OS/c1-15(2)17-11-8-9-16(3)22(17)26-21(28)14-29-23-18-10-6-7-12-19(18)24-20(25-23)13-27(4)5/h6-12,15H,13-14H2,1-5H3,(H,26,28). The van der Waals surface area contributed by atoms with Gasteiger partial charge in [0.1, 0.15) is 10.9 Å². The average molecular weight is 409 g/mol. The Morgan fingerprint density at radius 3 is 2.59 bits per heavy atom. The average Bonchev–Trinajstić information content (AvgIpc) is 2.67. The molecule has 0 radical (unpaired) electrons. The van der Waals surface area contributed by atoms with E-state index in [0.29, 0.717) is 18.2 Å². The number of aryl methyl sites for hydroxylation is 1. The minimum absolute atomic E-state index is 0.0250. The molecule has 0 unspecified atom stereocenters. The SMILES string of the molecule is Cc1cccc(C(C)C)c1NC(=O)CSc1nc(CN(C)C)nc2ccccc12. The molecular weight excluding hydrogens is 380 g/mol. The summed E-state index contributed by atoms with van der Waals surface area (Å²) in [6, 6.07) is 14.1. The summed E-state index contributed by atoms with van der Waals surface area (Å²) in [7, 11) is 3.99. The smallest absolute Gasteiger partial charge is 0.234 e. The van der Waals surface area contributed by atoms with Gasteiger partial charge in [0, 0.05) is 11.1 Å². The molecule has 0 spiro atoms. The Bertz CT molecular complexity index is 1020. The molecule has 6 heteroatoms. The van der Waals surface area contributed by atoms with Gasteiger partial charge in [-0.05, 0) is 44.1 Å². The number of hydrogen-bond acceptors (Lipinski definition) is 5. The second kappa shape index (κ2) is 9.37. The quantitative estimate of drug-likeness (QED) is 0.447. The number of anilines is 1. The van der Waals surface area contributed by atoms with Crippen LogP contribution in [0.4, 0.5) is 5.69 Å². The molecule has 0 atom stereocenters. The number of aromatic nitrogens is 2. The highest BCUT2D eigenvalue weighted by Crippen LogP contribution is 2.29. The minimum Gasteiger partial charge on any atom is -0.325 e. The van der Waals surface area contributed by atoms with Gasteiger partial charge in [-0.3, -0.25) is 4.79 Å². The van der Waals surface area contributed by atoms with Crippen LogP contribution >= 0.6 is 11.8 Å². The molecule has 2 aromatic carbocycles. The van der Waals surface area contributed by atoms with E-state index in [-0.39, 0.29) is 5.91 Å². The van der Waals surface area contributed by atoms with Crippen molar-refractivity contribution in [3.8, 4) is 0 Å². The number of amides is 1. The number of carbonyl (C=O) groups excluding carboxylic acids is 1. The third kappa shape index (κ3) is 5.34. The highest BCUT2D eigenvalue weighted by molar-refractivity contribution is 8.00. The zero-order valence-corrected chi connectivity index (χ0v) is 18.5. The zero-order chi connectivity index (χ0) is 21.0. The maximum Gasteiger partial charge on any atom is 0.234 e. The van der Waals surface area contributed by atoms with E-state index in [1.54, 1.807) is 0 Å². The Balaban J connectivity index is 1.80. The summed E-state index contributed by atoms with van der Waals surface area (Å²) in [5.41, 5.74) is 4.07. The zero-order valence-electron chi connectivity index (χ0n) is 17.7. The van der Waals surface area contributed by atoms with Crippen molar-refractivity contribution in [2.45, 2.75) is 38.3 Å². The first-order valence-corrected chi connectivity index (χ1v) is 10.8. The molecule has 29 heavy (non-hydrogen) atoms. The van der Waals surface area contributed by atoms with E-state index in [1.165, 1.54) is 11.8 Å². The molecule has 3 rings (SSSR count). The lowest BCUT2D eigenvalue weighted by molar-refractivity contribution is -0.113. The monoisotopic (exact) mass is 408 g/mol. The number of para-hydroxylation sites is 2. The molecule has 0 saturated carbocycles. The van der Waals surface area contributed by atoms with Crippen molar-refractivity contribution < 1.29 is 4.79 Å². The fraction of sp³-hybridized carbons (Fsp3) is 0.348. The molecule has 0 aliphatic rings. The van der Waals surface area contributed by atoms with Gasteiger partial charge in [-0.25, -0.2) is 9.97 Å². The number of hydrogen-bond donors (Lipinski definition) is 1. The largest absolute Gasteiger partial charge is 0.325 e. The molecule has 0 fully saturated rings. The van der Waals surface area contributed by atoms with Crippen molar-refractivity contribution in [1.82, 2.24) is 14.9 Å². The highest BCUT2D eigenvalue weighted by atomic mass is 32.2. The normalized spacial score (nSPS) is 11.4. The first-order chi connectivity index (χ1) is 13.8. The van der Waals surface area contributed by atoms with Gasteiger partial charge >= 0.3 is 0 Å². The van der Waals surface area contributed by atoms with Gasteiger partial charge in [0.25, 0.3) is 0 Å². The highest BCUT2D eigenvalue weighted by Gasteiger charge is 2.14. The van der Waals surface area contributed by atoms with E-state index < -0.39 is 0 Å². The Labute approximate surface area is 176 Å². The van der Waals surface area contributed by atoms with Gasteiger partial charge < -0.3 is 10.2 Å². The van der Waals surface area contributed by atoms with Crippen LogP contribution in [0.25, 0.3) is 10.9 Å². The van der Waals surface area contributed by atoms with Crippen LogP contribution in [-0.4, -0.2) is 40.6 Å². The van der Waals surface area contributed by atoms with Gasteiger partial charge in [0.05, 0.1) is 17.8 Å². The van der Waals surface area contributed by atoms with Crippen molar-refractivity contribution in [3.63, 3.8) is 0 Å².